The molecule has 0 heterocycles. The molecule has 0 N–H and O–H groups in total. The van der Waals surface area contributed by atoms with Crippen LogP contribution in [-0.2, 0) is 20.0 Å². The van der Waals surface area contributed by atoms with E-state index >= 15 is 0 Å². The summed E-state index contributed by atoms with van der Waals surface area (Å²) in [6.45, 7) is 1.92. The predicted molar refractivity (Wildman–Crippen MR) is 21.5 cm³/mol. The molecular weight excluding hydrogens is 275 g/mol. The molecule has 0 aliphatic carbocycles. The molecule has 0 bridgehead atoms. The van der Waals surface area contributed by atoms with Crippen LogP contribution in [-0.4, -0.2) is 6.66 Å². The molecule has 0 amide bonds. The molecule has 0 aliphatic heterocycles. The molecule has 0 spiro atoms. The molecule has 0 nitrogen and oxygen atoms in total. The van der Waals surface area contributed by atoms with E-state index in [1.165, 1.54) is 0 Å². The third-order valence-electron chi connectivity index (χ3n) is 0. The second-order valence-corrected chi connectivity index (χ2v) is 0. The summed E-state index contributed by atoms with van der Waals surface area (Å²) in [5.74, 6) is 0. The van der Waals surface area contributed by atoms with Gasteiger partial charge in [0.2, 0.25) is 0 Å². The molecule has 0 aromatic carbocycles. The van der Waals surface area contributed by atoms with Crippen molar-refractivity contribution in [2.45, 2.75) is 0 Å². The first kappa shape index (κ1) is 9.07. The number of halogens is 1. The summed E-state index contributed by atoms with van der Waals surface area (Å²) in [5, 5.41) is 0. The summed E-state index contributed by atoms with van der Waals surface area (Å²) in [7, 11) is 7.00. The maximum absolute atomic E-state index is 4.58. The summed E-state index contributed by atoms with van der Waals surface area (Å²) >= 11 is 1.75. The Balaban J connectivity index is 0. The van der Waals surface area contributed by atoms with Gasteiger partial charge in [-0.15, -0.1) is 9.24 Å². The Labute approximate surface area is 45.2 Å². The Morgan fingerprint density at radius 2 is 1.50 bits per heavy atom. The minimum atomic E-state index is 1.75. The molecule has 0 rings (SSSR count). The van der Waals surface area contributed by atoms with Crippen LogP contribution in [0.3, 0.4) is 0 Å². The van der Waals surface area contributed by atoms with Gasteiger partial charge in [-0.1, -0.05) is 6.66 Å². The summed E-state index contributed by atoms with van der Waals surface area (Å²) in [4.78, 5) is 0. The number of hydrogen-bond acceptors (Lipinski definition) is 0. The molecule has 1 unspecified atom stereocenters. The van der Waals surface area contributed by atoms with Crippen LogP contribution in [0.15, 0.2) is 0 Å². The average molecular weight is 280 g/mol. The zero-order valence-electron chi connectivity index (χ0n) is 2.26. The Kier molecular flexibility index (Phi) is 56.8. The van der Waals surface area contributed by atoms with Crippen molar-refractivity contribution in [1.29, 1.82) is 0 Å². The van der Waals surface area contributed by atoms with E-state index in [-0.39, 0.29) is 0 Å². The second-order valence-electron chi connectivity index (χ2n) is 0. The van der Waals surface area contributed by atoms with Crippen molar-refractivity contribution in [3.8, 4) is 0 Å². The van der Waals surface area contributed by atoms with E-state index in [1.54, 1.807) is 20.0 Å². The van der Waals surface area contributed by atoms with E-state index in [2.05, 4.69) is 18.4 Å². The van der Waals surface area contributed by atoms with Gasteiger partial charge in [0, 0.05) is 0 Å². The van der Waals surface area contributed by atoms with Gasteiger partial charge in [-0.05, 0) is 0 Å². The topological polar surface area (TPSA) is 0 Å². The van der Waals surface area contributed by atoms with Gasteiger partial charge < -0.3 is 0 Å². The van der Waals surface area contributed by atoms with Gasteiger partial charge in [0.05, 0.1) is 0 Å². The van der Waals surface area contributed by atoms with Crippen LogP contribution in [0.2, 0.25) is 0 Å². The van der Waals surface area contributed by atoms with Crippen LogP contribution in [0.5, 0.6) is 0 Å². The summed E-state index contributed by atoms with van der Waals surface area (Å²) in [6.07, 6.45) is 0. The van der Waals surface area contributed by atoms with Crippen molar-refractivity contribution >= 4 is 18.4 Å². The van der Waals surface area contributed by atoms with E-state index in [0.29, 0.717) is 0 Å². The first-order chi connectivity index (χ1) is 2.00. The van der Waals surface area contributed by atoms with Crippen molar-refractivity contribution in [1.82, 2.24) is 0 Å². The van der Waals surface area contributed by atoms with Gasteiger partial charge in [0.1, 0.15) is 0 Å². The van der Waals surface area contributed by atoms with Crippen molar-refractivity contribution in [2.75, 3.05) is 6.66 Å². The zero-order valence-corrected chi connectivity index (χ0v) is 6.33. The van der Waals surface area contributed by atoms with Crippen LogP contribution in [0.4, 0.5) is 0 Å². The van der Waals surface area contributed by atoms with Crippen LogP contribution in [0.1, 0.15) is 0 Å². The third-order valence-corrected chi connectivity index (χ3v) is 0. The minimum absolute atomic E-state index is 1.75. The van der Waals surface area contributed by atoms with Crippen molar-refractivity contribution in [3.63, 3.8) is 0 Å². The first-order valence-corrected chi connectivity index (χ1v) is 4.53. The average Bonchev–Trinajstić information content (AvgIpc) is 1.50. The molecule has 4 heavy (non-hydrogen) atoms. The van der Waals surface area contributed by atoms with Gasteiger partial charge in [-0.25, -0.2) is 0 Å². The Morgan fingerprint density at radius 3 is 1.50 bits per heavy atom. The normalized spacial score (nSPS) is 3.25. The van der Waals surface area contributed by atoms with E-state index in [9.17, 15) is 0 Å². The van der Waals surface area contributed by atoms with E-state index < -0.39 is 0 Å². The fourth-order valence-electron chi connectivity index (χ4n) is 0. The fourth-order valence-corrected chi connectivity index (χ4v) is 0. The van der Waals surface area contributed by atoms with Crippen LogP contribution < -0.4 is 0 Å². The third kappa shape index (κ3) is 9.82. The van der Waals surface area contributed by atoms with Gasteiger partial charge in [0.15, 0.2) is 0 Å². The molecule has 0 fully saturated rings. The van der Waals surface area contributed by atoms with E-state index in [4.69, 9.17) is 0 Å². The van der Waals surface area contributed by atoms with Crippen molar-refractivity contribution in [3.05, 3.63) is 0 Å². The van der Waals surface area contributed by atoms with Crippen LogP contribution in [0, 0.1) is 0 Å². The monoisotopic (exact) mass is 280 g/mol. The quantitative estimate of drug-likeness (QED) is 0.462. The van der Waals surface area contributed by atoms with Gasteiger partial charge in [-0.2, -0.15) is 0 Å². The summed E-state index contributed by atoms with van der Waals surface area (Å²) < 4.78 is 0. The summed E-state index contributed by atoms with van der Waals surface area (Å²) in [5.41, 5.74) is 0. The molecule has 0 aromatic rings. The molecular formula is CH5AuClP. The molecule has 0 aliphatic rings. The SMILES string of the molecule is CP.[Cl][Au]. The Morgan fingerprint density at radius 1 is 1.50 bits per heavy atom. The van der Waals surface area contributed by atoms with E-state index in [1.807, 2.05) is 6.66 Å². The molecule has 1 atom stereocenters. The van der Waals surface area contributed by atoms with Gasteiger partial charge in [-0.3, -0.25) is 0 Å². The molecule has 3 heteroatoms. The fraction of sp³-hybridized carbons (Fsp3) is 1.00. The molecule has 32 valence electrons. The maximum atomic E-state index is 4.58. The first-order valence-electron chi connectivity index (χ1n) is 0.691. The van der Waals surface area contributed by atoms with Gasteiger partial charge >= 0.3 is 29.2 Å². The molecule has 0 saturated carbocycles. The predicted octanol–water partition coefficient (Wildman–Crippen LogP) is 1.18. The van der Waals surface area contributed by atoms with Crippen LogP contribution in [0.25, 0.3) is 0 Å². The number of rotatable bonds is 0. The number of hydrogen-bond donors (Lipinski definition) is 0. The zero-order chi connectivity index (χ0) is 4.00. The second kappa shape index (κ2) is 25.0. The Bertz CT molecular complexity index is 8.00. The molecule has 0 aromatic heterocycles. The van der Waals surface area contributed by atoms with Gasteiger partial charge in [0.25, 0.3) is 0 Å². The van der Waals surface area contributed by atoms with Crippen molar-refractivity contribution < 1.29 is 20.0 Å². The molecule has 0 saturated heterocycles. The Hall–Kier alpha value is 1.46. The summed E-state index contributed by atoms with van der Waals surface area (Å²) in [6, 6.07) is 0. The van der Waals surface area contributed by atoms with Crippen LogP contribution >= 0.6 is 18.4 Å². The standard InChI is InChI=1S/CH5P.Au.ClH/c1-2;;/h2H2,1H3;;1H/q;+1;/p-1. The van der Waals surface area contributed by atoms with E-state index in [0.717, 1.165) is 0 Å². The van der Waals surface area contributed by atoms with Crippen molar-refractivity contribution in [2.24, 2.45) is 0 Å². The molecule has 0 radical (unpaired) electrons.